The molecule has 0 saturated carbocycles. The summed E-state index contributed by atoms with van der Waals surface area (Å²) in [6.45, 7) is 8.50. The molecule has 2 saturated heterocycles. The molecule has 5 heterocycles. The maximum Gasteiger partial charge on any atom is 0.246 e. The Morgan fingerprint density at radius 2 is 1.85 bits per heavy atom. The lowest BCUT2D eigenvalue weighted by atomic mass is 10.2. The number of benzene rings is 2. The molecule has 3 aromatic heterocycles. The van der Waals surface area contributed by atoms with Crippen molar-refractivity contribution >= 4 is 45.4 Å². The Balaban J connectivity index is 0.999. The van der Waals surface area contributed by atoms with Crippen molar-refractivity contribution < 1.29 is 14.3 Å². The molecule has 0 unspecified atom stereocenters. The summed E-state index contributed by atoms with van der Waals surface area (Å²) < 4.78 is 13.3. The van der Waals surface area contributed by atoms with Gasteiger partial charge in [-0.2, -0.15) is 0 Å². The third-order valence-corrected chi connectivity index (χ3v) is 8.21. The van der Waals surface area contributed by atoms with Gasteiger partial charge in [-0.1, -0.05) is 11.3 Å². The number of amides is 1. The van der Waals surface area contributed by atoms with Crippen molar-refractivity contribution in [3.63, 3.8) is 0 Å². The molecule has 2 aliphatic rings. The van der Waals surface area contributed by atoms with Crippen molar-refractivity contribution in [2.75, 3.05) is 69.2 Å². The molecule has 14 heteroatoms. The Labute approximate surface area is 265 Å². The summed E-state index contributed by atoms with van der Waals surface area (Å²) in [5.41, 5.74) is 4.75. The van der Waals surface area contributed by atoms with E-state index >= 15 is 0 Å². The molecule has 2 aromatic carbocycles. The van der Waals surface area contributed by atoms with Gasteiger partial charge in [0.05, 0.1) is 24.9 Å². The largest absolute Gasteiger partial charge is 0.457 e. The fraction of sp³-hybridized carbons (Fsp3) is 0.344. The Morgan fingerprint density at radius 3 is 2.67 bits per heavy atom. The van der Waals surface area contributed by atoms with Gasteiger partial charge in [0, 0.05) is 70.7 Å². The topological polar surface area (TPSA) is 140 Å². The van der Waals surface area contributed by atoms with E-state index in [-0.39, 0.29) is 5.91 Å². The summed E-state index contributed by atoms with van der Waals surface area (Å²) in [5, 5.41) is 11.6. The van der Waals surface area contributed by atoms with E-state index in [4.69, 9.17) is 14.5 Å². The van der Waals surface area contributed by atoms with E-state index in [2.05, 4.69) is 40.4 Å². The number of aromatic nitrogens is 7. The van der Waals surface area contributed by atoms with Gasteiger partial charge in [0.25, 0.3) is 0 Å². The smallest absolute Gasteiger partial charge is 0.246 e. The van der Waals surface area contributed by atoms with Gasteiger partial charge < -0.3 is 24.6 Å². The number of morpholine rings is 1. The SMILES string of the molecule is Cc1cc(Nc2ncnc3cnc(N4CCN(C(=O)/C=C/CN5CCOCC5)CC4)nc23)ccc1Oc1ccc2c(c1)nnn2C. The fourth-order valence-corrected chi connectivity index (χ4v) is 5.60. The highest BCUT2D eigenvalue weighted by atomic mass is 16.5. The lowest BCUT2D eigenvalue weighted by Crippen LogP contribution is -2.48. The van der Waals surface area contributed by atoms with E-state index in [9.17, 15) is 4.79 Å². The zero-order chi connectivity index (χ0) is 31.5. The Morgan fingerprint density at radius 1 is 1.00 bits per heavy atom. The van der Waals surface area contributed by atoms with Crippen LogP contribution in [0.15, 0.2) is 61.1 Å². The number of nitrogens with one attached hydrogen (secondary N) is 1. The maximum absolute atomic E-state index is 12.8. The van der Waals surface area contributed by atoms with Gasteiger partial charge in [0.2, 0.25) is 11.9 Å². The third kappa shape index (κ3) is 6.43. The summed E-state index contributed by atoms with van der Waals surface area (Å²) in [6.07, 6.45) is 6.85. The minimum Gasteiger partial charge on any atom is -0.457 e. The molecule has 2 fully saturated rings. The monoisotopic (exact) mass is 621 g/mol. The molecule has 7 rings (SSSR count). The number of anilines is 3. The number of ether oxygens (including phenoxy) is 2. The van der Waals surface area contributed by atoms with Gasteiger partial charge >= 0.3 is 0 Å². The highest BCUT2D eigenvalue weighted by Gasteiger charge is 2.22. The number of carbonyl (C=O) groups excluding carboxylic acids is 1. The van der Waals surface area contributed by atoms with E-state index in [0.29, 0.717) is 54.7 Å². The van der Waals surface area contributed by atoms with E-state index < -0.39 is 0 Å². The first-order valence-electron chi connectivity index (χ1n) is 15.3. The van der Waals surface area contributed by atoms with Crippen LogP contribution in [0.4, 0.5) is 17.5 Å². The minimum atomic E-state index is 0.0329. The van der Waals surface area contributed by atoms with Gasteiger partial charge in [-0.15, -0.1) is 5.10 Å². The Bertz CT molecular complexity index is 1900. The Hall–Kier alpha value is -5.21. The van der Waals surface area contributed by atoms with E-state index in [1.807, 2.05) is 61.3 Å². The molecule has 5 aromatic rings. The van der Waals surface area contributed by atoms with E-state index in [0.717, 1.165) is 60.9 Å². The van der Waals surface area contributed by atoms with Gasteiger partial charge in [-0.3, -0.25) is 9.69 Å². The van der Waals surface area contributed by atoms with Crippen LogP contribution in [0.3, 0.4) is 0 Å². The van der Waals surface area contributed by atoms with Crippen LogP contribution in [0.1, 0.15) is 5.56 Å². The summed E-state index contributed by atoms with van der Waals surface area (Å²) in [4.78, 5) is 37.3. The molecular formula is C32H35N11O3. The normalized spacial score (nSPS) is 16.0. The highest BCUT2D eigenvalue weighted by molar-refractivity contribution is 5.88. The van der Waals surface area contributed by atoms with E-state index in [1.165, 1.54) is 6.33 Å². The molecule has 46 heavy (non-hydrogen) atoms. The van der Waals surface area contributed by atoms with Crippen LogP contribution in [0.25, 0.3) is 22.1 Å². The first kappa shape index (κ1) is 29.5. The summed E-state index contributed by atoms with van der Waals surface area (Å²) in [7, 11) is 1.86. The van der Waals surface area contributed by atoms with Crippen LogP contribution in [0, 0.1) is 6.92 Å². The van der Waals surface area contributed by atoms with Crippen LogP contribution < -0.4 is 15.0 Å². The quantitative estimate of drug-likeness (QED) is 0.255. The number of hydrogen-bond acceptors (Lipinski definition) is 12. The number of hydrogen-bond donors (Lipinski definition) is 1. The number of carbonyl (C=O) groups is 1. The van der Waals surface area contributed by atoms with Gasteiger partial charge in [-0.05, 0) is 42.8 Å². The van der Waals surface area contributed by atoms with Crippen molar-refractivity contribution in [1.82, 2.24) is 44.7 Å². The molecule has 1 N–H and O–H groups in total. The first-order chi connectivity index (χ1) is 22.5. The number of nitrogens with zero attached hydrogens (tertiary/aromatic N) is 10. The average molecular weight is 622 g/mol. The van der Waals surface area contributed by atoms with Crippen molar-refractivity contribution in [2.45, 2.75) is 6.92 Å². The second-order valence-corrected chi connectivity index (χ2v) is 11.3. The summed E-state index contributed by atoms with van der Waals surface area (Å²) in [6, 6.07) is 11.6. The van der Waals surface area contributed by atoms with Crippen molar-refractivity contribution in [1.29, 1.82) is 0 Å². The van der Waals surface area contributed by atoms with Crippen molar-refractivity contribution in [2.24, 2.45) is 7.05 Å². The molecule has 0 radical (unpaired) electrons. The Kier molecular flexibility index (Phi) is 8.35. The van der Waals surface area contributed by atoms with Crippen molar-refractivity contribution in [3.8, 4) is 11.5 Å². The number of fused-ring (bicyclic) bond motifs is 2. The molecule has 0 bridgehead atoms. The van der Waals surface area contributed by atoms with Gasteiger partial charge in [0.1, 0.15) is 34.4 Å². The number of aryl methyl sites for hydroxylation is 2. The highest BCUT2D eigenvalue weighted by Crippen LogP contribution is 2.31. The standard InChI is InChI=1S/C32H35N11O3/c1-22-18-23(5-8-28(22)46-24-6-7-27-25(19-24)38-39-40(27)2)36-31-30-26(34-21-35-31)20-33-32(37-30)43-12-10-42(11-13-43)29(44)4-3-9-41-14-16-45-17-15-41/h3-8,18-21H,9-17H2,1-2H3,(H,34,35,36)/b4-3+. The van der Waals surface area contributed by atoms with Crippen LogP contribution in [-0.4, -0.2) is 110 Å². The van der Waals surface area contributed by atoms with Crippen LogP contribution in [-0.2, 0) is 16.6 Å². The lowest BCUT2D eigenvalue weighted by Gasteiger charge is -2.34. The lowest BCUT2D eigenvalue weighted by molar-refractivity contribution is -0.126. The predicted octanol–water partition coefficient (Wildman–Crippen LogP) is 3.08. The molecule has 14 nitrogen and oxygen atoms in total. The molecule has 236 valence electrons. The second kappa shape index (κ2) is 13.0. The predicted molar refractivity (Wildman–Crippen MR) is 173 cm³/mol. The minimum absolute atomic E-state index is 0.0329. The second-order valence-electron chi connectivity index (χ2n) is 11.3. The van der Waals surface area contributed by atoms with Crippen LogP contribution in [0.5, 0.6) is 11.5 Å². The van der Waals surface area contributed by atoms with Gasteiger partial charge in [0.15, 0.2) is 5.82 Å². The summed E-state index contributed by atoms with van der Waals surface area (Å²) in [5.74, 6) is 2.62. The molecule has 0 aliphatic carbocycles. The maximum atomic E-state index is 12.8. The third-order valence-electron chi connectivity index (χ3n) is 8.21. The number of rotatable bonds is 8. The molecule has 0 spiro atoms. The molecule has 1 amide bonds. The van der Waals surface area contributed by atoms with Crippen LogP contribution >= 0.6 is 0 Å². The van der Waals surface area contributed by atoms with E-state index in [1.54, 1.807) is 17.0 Å². The zero-order valence-electron chi connectivity index (χ0n) is 25.8. The van der Waals surface area contributed by atoms with Gasteiger partial charge in [-0.25, -0.2) is 24.6 Å². The average Bonchev–Trinajstić information content (AvgIpc) is 3.46. The molecular weight excluding hydrogens is 586 g/mol. The van der Waals surface area contributed by atoms with Crippen LogP contribution in [0.2, 0.25) is 0 Å². The first-order valence-corrected chi connectivity index (χ1v) is 15.3. The summed E-state index contributed by atoms with van der Waals surface area (Å²) >= 11 is 0. The molecule has 2 aliphatic heterocycles. The van der Waals surface area contributed by atoms with Crippen molar-refractivity contribution in [3.05, 3.63) is 66.6 Å². The fourth-order valence-electron chi connectivity index (χ4n) is 5.60. The zero-order valence-corrected chi connectivity index (χ0v) is 25.8. The number of piperazine rings is 1. The molecule has 0 atom stereocenters.